The predicted octanol–water partition coefficient (Wildman–Crippen LogP) is 1.05. The first-order valence-electron chi connectivity index (χ1n) is 6.19. The van der Waals surface area contributed by atoms with Crippen molar-refractivity contribution in [3.63, 3.8) is 0 Å². The number of nitrogens with one attached hydrogen (secondary N) is 1. The number of methoxy groups -OCH3 is 1. The van der Waals surface area contributed by atoms with Crippen molar-refractivity contribution in [3.05, 3.63) is 29.3 Å². The molecule has 1 unspecified atom stereocenters. The lowest BCUT2D eigenvalue weighted by Gasteiger charge is -2.13. The van der Waals surface area contributed by atoms with Gasteiger partial charge < -0.3 is 9.84 Å². The van der Waals surface area contributed by atoms with Crippen LogP contribution in [0.4, 0.5) is 0 Å². The van der Waals surface area contributed by atoms with Crippen LogP contribution in [0, 0.1) is 0 Å². The summed E-state index contributed by atoms with van der Waals surface area (Å²) in [4.78, 5) is 0.164. The van der Waals surface area contributed by atoms with Gasteiger partial charge in [-0.25, -0.2) is 13.1 Å². The van der Waals surface area contributed by atoms with E-state index >= 15 is 0 Å². The van der Waals surface area contributed by atoms with Crippen molar-refractivity contribution in [2.75, 3.05) is 13.7 Å². The number of aryl methyl sites for hydroxylation is 1. The minimum atomic E-state index is -3.56. The lowest BCUT2D eigenvalue weighted by atomic mass is 10.1. The Morgan fingerprint density at radius 3 is 2.58 bits per heavy atom. The van der Waals surface area contributed by atoms with Gasteiger partial charge in [-0.2, -0.15) is 0 Å². The molecule has 0 aromatic heterocycles. The minimum Gasteiger partial charge on any atom is -0.392 e. The summed E-state index contributed by atoms with van der Waals surface area (Å²) in [7, 11) is -2.04. The van der Waals surface area contributed by atoms with E-state index in [4.69, 9.17) is 4.74 Å². The molecular weight excluding hydrogens is 266 g/mol. The SMILES string of the molecule is CCc1ccc(S(=O)(=O)NCC(C)OC)cc1CO. The Kier molecular flexibility index (Phi) is 5.93. The molecule has 0 spiro atoms. The number of aliphatic hydroxyl groups is 1. The topological polar surface area (TPSA) is 75.6 Å². The van der Waals surface area contributed by atoms with Gasteiger partial charge in [0.25, 0.3) is 0 Å². The number of benzene rings is 1. The summed E-state index contributed by atoms with van der Waals surface area (Å²) in [6.07, 6.45) is 0.562. The molecule has 0 saturated carbocycles. The van der Waals surface area contributed by atoms with E-state index in [0.29, 0.717) is 5.56 Å². The van der Waals surface area contributed by atoms with Crippen molar-refractivity contribution in [1.82, 2.24) is 4.72 Å². The molecule has 6 heteroatoms. The van der Waals surface area contributed by atoms with Crippen LogP contribution in [0.3, 0.4) is 0 Å². The summed E-state index contributed by atoms with van der Waals surface area (Å²) < 4.78 is 31.6. The second-order valence-corrected chi connectivity index (χ2v) is 6.11. The van der Waals surface area contributed by atoms with Gasteiger partial charge in [0, 0.05) is 13.7 Å². The molecule has 0 saturated heterocycles. The average molecular weight is 287 g/mol. The van der Waals surface area contributed by atoms with Crippen molar-refractivity contribution in [2.24, 2.45) is 0 Å². The monoisotopic (exact) mass is 287 g/mol. The maximum absolute atomic E-state index is 12.1. The molecule has 0 aliphatic rings. The first-order valence-corrected chi connectivity index (χ1v) is 7.68. The lowest BCUT2D eigenvalue weighted by molar-refractivity contribution is 0.122. The highest BCUT2D eigenvalue weighted by Crippen LogP contribution is 2.17. The van der Waals surface area contributed by atoms with Gasteiger partial charge in [-0.05, 0) is 36.6 Å². The Bertz CT molecular complexity index is 513. The van der Waals surface area contributed by atoms with Gasteiger partial charge in [0.2, 0.25) is 10.0 Å². The van der Waals surface area contributed by atoms with E-state index in [-0.39, 0.29) is 24.2 Å². The average Bonchev–Trinajstić information content (AvgIpc) is 2.43. The summed E-state index contributed by atoms with van der Waals surface area (Å²) in [5.41, 5.74) is 1.59. The highest BCUT2D eigenvalue weighted by Gasteiger charge is 2.16. The highest BCUT2D eigenvalue weighted by molar-refractivity contribution is 7.89. The van der Waals surface area contributed by atoms with E-state index in [9.17, 15) is 13.5 Å². The van der Waals surface area contributed by atoms with Crippen molar-refractivity contribution >= 4 is 10.0 Å². The molecule has 108 valence electrons. The third kappa shape index (κ3) is 4.28. The Morgan fingerprint density at radius 1 is 1.37 bits per heavy atom. The fraction of sp³-hybridized carbons (Fsp3) is 0.538. The van der Waals surface area contributed by atoms with Gasteiger partial charge in [0.1, 0.15) is 0 Å². The van der Waals surface area contributed by atoms with E-state index in [1.165, 1.54) is 13.2 Å². The summed E-state index contributed by atoms with van der Waals surface area (Å²) >= 11 is 0. The number of ether oxygens (including phenoxy) is 1. The summed E-state index contributed by atoms with van der Waals surface area (Å²) in [6, 6.07) is 4.80. The quantitative estimate of drug-likeness (QED) is 0.786. The van der Waals surface area contributed by atoms with Crippen molar-refractivity contribution < 1.29 is 18.3 Å². The number of sulfonamides is 1. The van der Waals surface area contributed by atoms with Crippen LogP contribution < -0.4 is 4.72 Å². The van der Waals surface area contributed by atoms with E-state index in [0.717, 1.165) is 12.0 Å². The van der Waals surface area contributed by atoms with Crippen LogP contribution in [-0.2, 0) is 27.8 Å². The van der Waals surface area contributed by atoms with Gasteiger partial charge in [-0.3, -0.25) is 0 Å². The number of aliphatic hydroxyl groups excluding tert-OH is 1. The van der Waals surface area contributed by atoms with Gasteiger partial charge in [-0.15, -0.1) is 0 Å². The molecule has 19 heavy (non-hydrogen) atoms. The number of hydrogen-bond donors (Lipinski definition) is 2. The molecule has 0 radical (unpaired) electrons. The molecule has 0 heterocycles. The molecule has 1 aromatic carbocycles. The molecule has 0 aliphatic heterocycles. The summed E-state index contributed by atoms with van der Waals surface area (Å²) in [5.74, 6) is 0. The van der Waals surface area contributed by atoms with E-state index in [1.807, 2.05) is 6.92 Å². The zero-order valence-electron chi connectivity index (χ0n) is 11.5. The molecule has 0 bridgehead atoms. The molecule has 0 amide bonds. The Balaban J connectivity index is 2.95. The minimum absolute atomic E-state index is 0.164. The van der Waals surface area contributed by atoms with Crippen LogP contribution in [0.15, 0.2) is 23.1 Å². The van der Waals surface area contributed by atoms with E-state index in [1.54, 1.807) is 19.1 Å². The van der Waals surface area contributed by atoms with Crippen LogP contribution in [0.25, 0.3) is 0 Å². The third-order valence-electron chi connectivity index (χ3n) is 3.00. The van der Waals surface area contributed by atoms with E-state index in [2.05, 4.69) is 4.72 Å². The standard InChI is InChI=1S/C13H21NO4S/c1-4-11-5-6-13(7-12(11)9-15)19(16,17)14-8-10(2)18-3/h5-7,10,14-15H,4,8-9H2,1-3H3. The smallest absolute Gasteiger partial charge is 0.240 e. The van der Waals surface area contributed by atoms with E-state index < -0.39 is 10.0 Å². The Labute approximate surface area is 114 Å². The van der Waals surface area contributed by atoms with Crippen molar-refractivity contribution in [2.45, 2.75) is 37.9 Å². The zero-order valence-corrected chi connectivity index (χ0v) is 12.3. The predicted molar refractivity (Wildman–Crippen MR) is 73.4 cm³/mol. The Hall–Kier alpha value is -0.950. The highest BCUT2D eigenvalue weighted by atomic mass is 32.2. The number of hydrogen-bond acceptors (Lipinski definition) is 4. The fourth-order valence-corrected chi connectivity index (χ4v) is 2.82. The molecule has 1 rings (SSSR count). The first kappa shape index (κ1) is 16.1. The molecule has 1 atom stereocenters. The Morgan fingerprint density at radius 2 is 2.05 bits per heavy atom. The largest absolute Gasteiger partial charge is 0.392 e. The summed E-state index contributed by atoms with van der Waals surface area (Å²) in [5, 5.41) is 9.26. The molecule has 0 fully saturated rings. The van der Waals surface area contributed by atoms with Crippen molar-refractivity contribution in [3.8, 4) is 0 Å². The summed E-state index contributed by atoms with van der Waals surface area (Å²) in [6.45, 7) is 3.78. The normalized spacial score (nSPS) is 13.5. The van der Waals surface area contributed by atoms with Crippen LogP contribution in [0.5, 0.6) is 0 Å². The lowest BCUT2D eigenvalue weighted by Crippen LogP contribution is -2.31. The third-order valence-corrected chi connectivity index (χ3v) is 4.42. The maximum Gasteiger partial charge on any atom is 0.240 e. The van der Waals surface area contributed by atoms with Crippen LogP contribution in [0.1, 0.15) is 25.0 Å². The van der Waals surface area contributed by atoms with Crippen LogP contribution in [0.2, 0.25) is 0 Å². The fourth-order valence-electron chi connectivity index (χ4n) is 1.66. The van der Waals surface area contributed by atoms with Crippen LogP contribution >= 0.6 is 0 Å². The second kappa shape index (κ2) is 7.00. The van der Waals surface area contributed by atoms with Crippen LogP contribution in [-0.4, -0.2) is 33.3 Å². The number of rotatable bonds is 7. The van der Waals surface area contributed by atoms with Crippen molar-refractivity contribution in [1.29, 1.82) is 0 Å². The van der Waals surface area contributed by atoms with Gasteiger partial charge in [0.05, 0.1) is 17.6 Å². The maximum atomic E-state index is 12.1. The molecule has 1 aromatic rings. The molecule has 5 nitrogen and oxygen atoms in total. The van der Waals surface area contributed by atoms with Gasteiger partial charge in [-0.1, -0.05) is 13.0 Å². The first-order chi connectivity index (χ1) is 8.94. The molecule has 2 N–H and O–H groups in total. The van der Waals surface area contributed by atoms with Gasteiger partial charge >= 0.3 is 0 Å². The zero-order chi connectivity index (χ0) is 14.5. The molecule has 0 aliphatic carbocycles. The second-order valence-electron chi connectivity index (χ2n) is 4.34. The molecular formula is C13H21NO4S. The van der Waals surface area contributed by atoms with Gasteiger partial charge in [0.15, 0.2) is 0 Å².